The van der Waals surface area contributed by atoms with Crippen molar-refractivity contribution in [2.75, 3.05) is 26.0 Å². The molecule has 12 nitrogen and oxygen atoms in total. The Morgan fingerprint density at radius 1 is 1.07 bits per heavy atom. The van der Waals surface area contributed by atoms with Crippen molar-refractivity contribution >= 4 is 40.0 Å². The molecule has 4 atom stereocenters. The molecule has 2 aromatic rings. The topological polar surface area (TPSA) is 145 Å². The summed E-state index contributed by atoms with van der Waals surface area (Å²) in [5.74, 6) is 0.178. The summed E-state index contributed by atoms with van der Waals surface area (Å²) in [6.45, 7) is 18.0. The Balaban J connectivity index is 1.81. The molecule has 4 heterocycles. The summed E-state index contributed by atoms with van der Waals surface area (Å²) in [5, 5.41) is 2.65. The zero-order chi connectivity index (χ0) is 29.4. The minimum atomic E-state index is -2.93. The summed E-state index contributed by atoms with van der Waals surface area (Å²) in [4.78, 5) is 25.0. The van der Waals surface area contributed by atoms with E-state index in [1.165, 1.54) is 6.33 Å². The SMILES string of the molecule is CNC(=O)CCOC1[C@H]2O[Si](C(C)C)(C(C)C)O[Si](C(C)C)(C(C)C)OC[C@H]2O[C@H]1n1cnc2c(N)ncnc21. The van der Waals surface area contributed by atoms with Crippen LogP contribution in [0.15, 0.2) is 12.7 Å². The standard InChI is InChI=1S/C26H46N6O6Si2/c1-15(2)39(16(3)4)35-12-19-22(37-40(38-39,17(5)6)18(7)8)23(34-11-10-20(33)28-9)26(36-19)32-14-31-21-24(27)29-13-30-25(21)32/h13-19,22-23,26H,10-12H2,1-9H3,(H,28,33)(H2,27,29,30)/t19-,22+,23?,26-/m1/s1. The van der Waals surface area contributed by atoms with Crippen LogP contribution in [-0.2, 0) is 27.2 Å². The molecule has 0 aliphatic carbocycles. The lowest BCUT2D eigenvalue weighted by Crippen LogP contribution is -2.66. The largest absolute Gasteiger partial charge is 0.414 e. The van der Waals surface area contributed by atoms with Crippen molar-refractivity contribution in [3.8, 4) is 0 Å². The second-order valence-electron chi connectivity index (χ2n) is 12.0. The second-order valence-corrected chi connectivity index (χ2v) is 20.8. The lowest BCUT2D eigenvalue weighted by atomic mass is 10.1. The van der Waals surface area contributed by atoms with Crippen molar-refractivity contribution in [1.29, 1.82) is 0 Å². The molecule has 2 aliphatic rings. The minimum Gasteiger partial charge on any atom is -0.414 e. The van der Waals surface area contributed by atoms with Gasteiger partial charge in [0.25, 0.3) is 0 Å². The number of nitrogens with two attached hydrogens (primary N) is 1. The highest BCUT2D eigenvalue weighted by molar-refractivity contribution is 6.84. The van der Waals surface area contributed by atoms with Gasteiger partial charge in [-0.3, -0.25) is 9.36 Å². The van der Waals surface area contributed by atoms with Gasteiger partial charge in [0.15, 0.2) is 17.7 Å². The number of carbonyl (C=O) groups is 1. The third-order valence-corrected chi connectivity index (χ3v) is 18.4. The maximum absolute atomic E-state index is 12.0. The monoisotopic (exact) mass is 594 g/mol. The fourth-order valence-electron chi connectivity index (χ4n) is 5.99. The number of amides is 1. The van der Waals surface area contributed by atoms with Gasteiger partial charge in [-0.1, -0.05) is 55.4 Å². The van der Waals surface area contributed by atoms with Gasteiger partial charge in [0.2, 0.25) is 5.91 Å². The first-order chi connectivity index (χ1) is 18.9. The molecule has 4 rings (SSSR count). The van der Waals surface area contributed by atoms with Crippen LogP contribution in [0.25, 0.3) is 11.2 Å². The summed E-state index contributed by atoms with van der Waals surface area (Å²) >= 11 is 0. The number of nitrogens with zero attached hydrogens (tertiary/aromatic N) is 4. The molecular weight excluding hydrogens is 548 g/mol. The number of anilines is 1. The molecule has 1 unspecified atom stereocenters. The van der Waals surface area contributed by atoms with E-state index in [2.05, 4.69) is 75.7 Å². The van der Waals surface area contributed by atoms with Gasteiger partial charge in [0.1, 0.15) is 30.2 Å². The highest BCUT2D eigenvalue weighted by Crippen LogP contribution is 2.49. The molecule has 2 fully saturated rings. The van der Waals surface area contributed by atoms with Gasteiger partial charge in [-0.2, -0.15) is 0 Å². The molecule has 0 spiro atoms. The highest BCUT2D eigenvalue weighted by Gasteiger charge is 2.62. The average molecular weight is 595 g/mol. The Morgan fingerprint density at radius 3 is 2.33 bits per heavy atom. The molecule has 40 heavy (non-hydrogen) atoms. The van der Waals surface area contributed by atoms with E-state index >= 15 is 0 Å². The van der Waals surface area contributed by atoms with Gasteiger partial charge in [-0.25, -0.2) is 15.0 Å². The third kappa shape index (κ3) is 5.46. The Kier molecular flexibility index (Phi) is 9.39. The lowest BCUT2D eigenvalue weighted by molar-refractivity contribution is -0.123. The molecule has 14 heteroatoms. The number of carbonyl (C=O) groups excluding carboxylic acids is 1. The molecule has 2 saturated heterocycles. The van der Waals surface area contributed by atoms with Crippen LogP contribution in [0.4, 0.5) is 5.82 Å². The maximum Gasteiger partial charge on any atom is 0.335 e. The van der Waals surface area contributed by atoms with Crippen molar-refractivity contribution in [1.82, 2.24) is 24.8 Å². The molecule has 0 saturated carbocycles. The van der Waals surface area contributed by atoms with E-state index in [1.54, 1.807) is 13.4 Å². The Hall–Kier alpha value is -1.95. The first-order valence-electron chi connectivity index (χ1n) is 14.3. The highest BCUT2D eigenvalue weighted by atomic mass is 28.5. The van der Waals surface area contributed by atoms with E-state index in [0.29, 0.717) is 17.8 Å². The summed E-state index contributed by atoms with van der Waals surface area (Å²) in [6, 6.07) is 0. The van der Waals surface area contributed by atoms with E-state index in [9.17, 15) is 4.79 Å². The van der Waals surface area contributed by atoms with Crippen molar-refractivity contribution in [2.24, 2.45) is 0 Å². The summed E-state index contributed by atoms with van der Waals surface area (Å²) < 4.78 is 36.5. The second kappa shape index (κ2) is 12.1. The summed E-state index contributed by atoms with van der Waals surface area (Å²) in [6.07, 6.45) is 1.12. The van der Waals surface area contributed by atoms with Crippen molar-refractivity contribution < 1.29 is 27.2 Å². The number of nitrogens with one attached hydrogen (secondary N) is 1. The number of hydrogen-bond acceptors (Lipinski definition) is 10. The molecule has 0 bridgehead atoms. The smallest absolute Gasteiger partial charge is 0.335 e. The van der Waals surface area contributed by atoms with Gasteiger partial charge in [0.05, 0.1) is 19.5 Å². The predicted molar refractivity (Wildman–Crippen MR) is 156 cm³/mol. The van der Waals surface area contributed by atoms with Gasteiger partial charge >= 0.3 is 17.1 Å². The zero-order valence-corrected chi connectivity index (χ0v) is 27.2. The van der Waals surface area contributed by atoms with E-state index < -0.39 is 41.7 Å². The van der Waals surface area contributed by atoms with Gasteiger partial charge in [-0.15, -0.1) is 0 Å². The zero-order valence-electron chi connectivity index (χ0n) is 25.2. The molecule has 3 N–H and O–H groups in total. The summed E-state index contributed by atoms with van der Waals surface area (Å²) in [5.41, 5.74) is 7.82. The molecule has 1 amide bonds. The van der Waals surface area contributed by atoms with Crippen molar-refractivity contribution in [3.63, 3.8) is 0 Å². The number of rotatable bonds is 9. The van der Waals surface area contributed by atoms with E-state index in [-0.39, 0.29) is 46.9 Å². The number of hydrogen-bond donors (Lipinski definition) is 2. The normalized spacial score (nSPS) is 26.4. The molecule has 0 radical (unpaired) electrons. The first-order valence-corrected chi connectivity index (χ1v) is 18.2. The van der Waals surface area contributed by atoms with Crippen molar-refractivity contribution in [2.45, 2.75) is 109 Å². The van der Waals surface area contributed by atoms with Crippen LogP contribution >= 0.6 is 0 Å². The number of nitrogen functional groups attached to an aromatic ring is 1. The van der Waals surface area contributed by atoms with Crippen LogP contribution in [0.3, 0.4) is 0 Å². The Labute approximate surface area is 239 Å². The number of imidazole rings is 1. The number of fused-ring (bicyclic) bond motifs is 2. The van der Waals surface area contributed by atoms with Crippen LogP contribution in [0.2, 0.25) is 22.2 Å². The number of ether oxygens (including phenoxy) is 2. The molecule has 2 aliphatic heterocycles. The Morgan fingerprint density at radius 2 is 1.73 bits per heavy atom. The summed E-state index contributed by atoms with van der Waals surface area (Å²) in [7, 11) is -4.06. The molecule has 2 aromatic heterocycles. The quantitative estimate of drug-likeness (QED) is 0.411. The van der Waals surface area contributed by atoms with E-state index in [1.807, 2.05) is 4.57 Å². The van der Waals surface area contributed by atoms with Gasteiger partial charge in [0, 0.05) is 13.5 Å². The van der Waals surface area contributed by atoms with Crippen LogP contribution in [0.5, 0.6) is 0 Å². The fraction of sp³-hybridized carbons (Fsp3) is 0.769. The maximum atomic E-state index is 12.0. The van der Waals surface area contributed by atoms with Crippen molar-refractivity contribution in [3.05, 3.63) is 12.7 Å². The van der Waals surface area contributed by atoms with Crippen LogP contribution in [-0.4, -0.2) is 81.1 Å². The van der Waals surface area contributed by atoms with E-state index in [0.717, 1.165) is 0 Å². The first kappa shape index (κ1) is 31.0. The lowest BCUT2D eigenvalue weighted by Gasteiger charge is -2.51. The minimum absolute atomic E-state index is 0.108. The number of aromatic nitrogens is 4. The predicted octanol–water partition coefficient (Wildman–Crippen LogP) is 3.78. The molecular formula is C26H46N6O6Si2. The van der Waals surface area contributed by atoms with Crippen LogP contribution in [0.1, 0.15) is 68.0 Å². The molecule has 0 aromatic carbocycles. The average Bonchev–Trinajstić information content (AvgIpc) is 3.45. The Bertz CT molecular complexity index is 1160. The van der Waals surface area contributed by atoms with Crippen LogP contribution < -0.4 is 11.1 Å². The third-order valence-electron chi connectivity index (χ3n) is 8.20. The van der Waals surface area contributed by atoms with Gasteiger partial charge in [-0.05, 0) is 22.2 Å². The molecule has 224 valence electrons. The van der Waals surface area contributed by atoms with Gasteiger partial charge < -0.3 is 33.5 Å². The fourth-order valence-corrected chi connectivity index (χ4v) is 17.2. The van der Waals surface area contributed by atoms with Crippen LogP contribution in [0, 0.1) is 0 Å². The van der Waals surface area contributed by atoms with E-state index in [4.69, 9.17) is 28.2 Å².